The molecule has 0 fully saturated rings. The summed E-state index contributed by atoms with van der Waals surface area (Å²) in [5.74, 6) is 0.00694. The largest absolute Gasteiger partial charge is 0.306 e. The second-order valence-corrected chi connectivity index (χ2v) is 9.83. The highest BCUT2D eigenvalue weighted by molar-refractivity contribution is 9.10. The smallest absolute Gasteiger partial charge is 0.256 e. The number of aromatic nitrogens is 2. The Balaban J connectivity index is 2.01. The number of anilines is 1. The number of carbonyl (C=O) groups is 1. The monoisotopic (exact) mass is 411 g/mol. The van der Waals surface area contributed by atoms with Crippen molar-refractivity contribution >= 4 is 37.5 Å². The fourth-order valence-electron chi connectivity index (χ4n) is 2.64. The van der Waals surface area contributed by atoms with Gasteiger partial charge in [-0.2, -0.15) is 5.10 Å². The zero-order valence-electron chi connectivity index (χ0n) is 13.6. The van der Waals surface area contributed by atoms with Crippen LogP contribution in [0.2, 0.25) is 0 Å². The van der Waals surface area contributed by atoms with Gasteiger partial charge in [-0.25, -0.2) is 13.1 Å². The van der Waals surface area contributed by atoms with E-state index in [9.17, 15) is 13.2 Å². The summed E-state index contributed by atoms with van der Waals surface area (Å²) in [7, 11) is -3.19. The van der Waals surface area contributed by atoms with Crippen LogP contribution in [0.1, 0.15) is 42.4 Å². The number of nitrogens with one attached hydrogen (secondary N) is 1. The number of sulfone groups is 1. The first-order valence-electron chi connectivity index (χ1n) is 7.45. The van der Waals surface area contributed by atoms with Crippen LogP contribution in [0, 0.1) is 0 Å². The summed E-state index contributed by atoms with van der Waals surface area (Å²) < 4.78 is 26.4. The molecule has 0 saturated carbocycles. The van der Waals surface area contributed by atoms with Gasteiger partial charge in [-0.05, 0) is 45.0 Å². The zero-order valence-corrected chi connectivity index (χ0v) is 16.0. The first kappa shape index (κ1) is 17.2. The Kier molecular flexibility index (Phi) is 4.08. The van der Waals surface area contributed by atoms with E-state index in [0.717, 1.165) is 4.47 Å². The van der Waals surface area contributed by atoms with Crippen molar-refractivity contribution in [2.75, 3.05) is 5.32 Å². The highest BCUT2D eigenvalue weighted by Gasteiger charge is 2.35. The lowest BCUT2D eigenvalue weighted by Crippen LogP contribution is -2.27. The third-order valence-corrected chi connectivity index (χ3v) is 5.73. The van der Waals surface area contributed by atoms with Crippen molar-refractivity contribution in [2.24, 2.45) is 0 Å². The van der Waals surface area contributed by atoms with E-state index in [1.807, 2.05) is 20.8 Å². The van der Waals surface area contributed by atoms with E-state index in [1.165, 1.54) is 0 Å². The van der Waals surface area contributed by atoms with Gasteiger partial charge in [0.05, 0.1) is 22.7 Å². The lowest BCUT2D eigenvalue weighted by atomic mass is 10.1. The van der Waals surface area contributed by atoms with Gasteiger partial charge in [0, 0.05) is 15.6 Å². The molecule has 0 atom stereocenters. The Morgan fingerprint density at radius 3 is 2.42 bits per heavy atom. The van der Waals surface area contributed by atoms with E-state index in [0.29, 0.717) is 22.6 Å². The molecule has 24 heavy (non-hydrogen) atoms. The first-order valence-corrected chi connectivity index (χ1v) is 10.1. The van der Waals surface area contributed by atoms with E-state index in [-0.39, 0.29) is 23.0 Å². The summed E-state index contributed by atoms with van der Waals surface area (Å²) in [6, 6.07) is 6.97. The molecule has 2 heterocycles. The lowest BCUT2D eigenvalue weighted by molar-refractivity contribution is 0.102. The minimum absolute atomic E-state index is 0.0768. The average molecular weight is 412 g/mol. The summed E-state index contributed by atoms with van der Waals surface area (Å²) >= 11 is 3.33. The molecule has 2 aromatic rings. The molecule has 6 nitrogen and oxygen atoms in total. The Hall–Kier alpha value is -1.67. The van der Waals surface area contributed by atoms with Gasteiger partial charge in [0.1, 0.15) is 5.82 Å². The van der Waals surface area contributed by atoms with E-state index in [2.05, 4.69) is 26.3 Å². The molecule has 0 aliphatic carbocycles. The van der Waals surface area contributed by atoms with Gasteiger partial charge in [-0.15, -0.1) is 0 Å². The number of hydrogen-bond donors (Lipinski definition) is 1. The van der Waals surface area contributed by atoms with Gasteiger partial charge >= 0.3 is 0 Å². The standard InChI is InChI=1S/C16H18BrN3O3S/c1-16(2,3)20-14(12-8-24(22,23)9-13(12)19-20)18-15(21)10-4-6-11(17)7-5-10/h4-7H,8-9H2,1-3H3,(H,18,21). The van der Waals surface area contributed by atoms with Gasteiger partial charge in [0.15, 0.2) is 9.84 Å². The zero-order chi connectivity index (χ0) is 17.7. The Bertz CT molecular complexity index is 909. The predicted octanol–water partition coefficient (Wildman–Crippen LogP) is 3.08. The maximum absolute atomic E-state index is 12.5. The number of carbonyl (C=O) groups excluding carboxylic acids is 1. The molecular weight excluding hydrogens is 394 g/mol. The first-order chi connectivity index (χ1) is 11.1. The lowest BCUT2D eigenvalue weighted by Gasteiger charge is -2.23. The van der Waals surface area contributed by atoms with Crippen LogP contribution in [0.3, 0.4) is 0 Å². The molecule has 1 amide bonds. The summed E-state index contributed by atoms with van der Waals surface area (Å²) in [5, 5.41) is 7.29. The maximum atomic E-state index is 12.5. The molecule has 1 aromatic carbocycles. The molecule has 128 valence electrons. The van der Waals surface area contributed by atoms with Crippen molar-refractivity contribution in [2.45, 2.75) is 37.8 Å². The number of hydrogen-bond acceptors (Lipinski definition) is 4. The summed E-state index contributed by atoms with van der Waals surface area (Å²) in [5.41, 5.74) is 1.23. The SMILES string of the molecule is CC(C)(C)n1nc2c(c1NC(=O)c1ccc(Br)cc1)CS(=O)(=O)C2. The molecule has 8 heteroatoms. The fraction of sp³-hybridized carbons (Fsp3) is 0.375. The Labute approximate surface area is 149 Å². The fourth-order valence-corrected chi connectivity index (χ4v) is 4.40. The van der Waals surface area contributed by atoms with Gasteiger partial charge in [0.25, 0.3) is 5.91 Å². The second-order valence-electron chi connectivity index (χ2n) is 6.85. The second kappa shape index (κ2) is 5.70. The highest BCUT2D eigenvalue weighted by atomic mass is 79.9. The van der Waals surface area contributed by atoms with Crippen LogP contribution in [-0.4, -0.2) is 24.1 Å². The predicted molar refractivity (Wildman–Crippen MR) is 95.6 cm³/mol. The molecule has 1 N–H and O–H groups in total. The van der Waals surface area contributed by atoms with E-state index < -0.39 is 9.84 Å². The molecule has 0 bridgehead atoms. The van der Waals surface area contributed by atoms with E-state index in [1.54, 1.807) is 28.9 Å². The van der Waals surface area contributed by atoms with E-state index >= 15 is 0 Å². The molecule has 1 aromatic heterocycles. The van der Waals surface area contributed by atoms with Gasteiger partial charge in [-0.3, -0.25) is 4.79 Å². The van der Waals surface area contributed by atoms with Crippen molar-refractivity contribution in [3.8, 4) is 0 Å². The quantitative estimate of drug-likeness (QED) is 0.822. The highest BCUT2D eigenvalue weighted by Crippen LogP contribution is 2.34. The summed E-state index contributed by atoms with van der Waals surface area (Å²) in [4.78, 5) is 12.5. The van der Waals surface area contributed by atoms with Crippen molar-refractivity contribution in [3.05, 3.63) is 45.6 Å². The maximum Gasteiger partial charge on any atom is 0.256 e. The van der Waals surface area contributed by atoms with Crippen molar-refractivity contribution in [3.63, 3.8) is 0 Å². The molecule has 0 unspecified atom stereocenters. The van der Waals surface area contributed by atoms with Crippen LogP contribution < -0.4 is 5.32 Å². The molecule has 3 rings (SSSR count). The third-order valence-electron chi connectivity index (χ3n) is 3.76. The van der Waals surface area contributed by atoms with Crippen LogP contribution >= 0.6 is 15.9 Å². The molecule has 0 radical (unpaired) electrons. The molecular formula is C16H18BrN3O3S. The molecule has 1 aliphatic rings. The van der Waals surface area contributed by atoms with E-state index in [4.69, 9.17) is 0 Å². The van der Waals surface area contributed by atoms with Crippen LogP contribution in [0.15, 0.2) is 28.7 Å². The average Bonchev–Trinajstić information content (AvgIpc) is 2.92. The number of rotatable bonds is 2. The minimum atomic E-state index is -3.19. The number of halogens is 1. The van der Waals surface area contributed by atoms with Crippen LogP contribution in [0.25, 0.3) is 0 Å². The van der Waals surface area contributed by atoms with Crippen molar-refractivity contribution in [1.29, 1.82) is 0 Å². The summed E-state index contributed by atoms with van der Waals surface area (Å²) in [6.45, 7) is 5.87. The molecule has 0 saturated heterocycles. The van der Waals surface area contributed by atoms with Gasteiger partial charge in [0.2, 0.25) is 0 Å². The Morgan fingerprint density at radius 2 is 1.83 bits per heavy atom. The van der Waals surface area contributed by atoms with Crippen LogP contribution in [0.4, 0.5) is 5.82 Å². The topological polar surface area (TPSA) is 81.1 Å². The van der Waals surface area contributed by atoms with Gasteiger partial charge in [-0.1, -0.05) is 15.9 Å². The number of fused-ring (bicyclic) bond motifs is 1. The molecule has 1 aliphatic heterocycles. The minimum Gasteiger partial charge on any atom is -0.306 e. The summed E-state index contributed by atoms with van der Waals surface area (Å²) in [6.07, 6.45) is 0. The number of amides is 1. The van der Waals surface area contributed by atoms with Crippen LogP contribution in [0.5, 0.6) is 0 Å². The third kappa shape index (κ3) is 3.25. The molecule has 0 spiro atoms. The van der Waals surface area contributed by atoms with Crippen molar-refractivity contribution in [1.82, 2.24) is 9.78 Å². The Morgan fingerprint density at radius 1 is 1.21 bits per heavy atom. The van der Waals surface area contributed by atoms with Crippen molar-refractivity contribution < 1.29 is 13.2 Å². The van der Waals surface area contributed by atoms with Gasteiger partial charge < -0.3 is 5.32 Å². The normalized spacial score (nSPS) is 16.0. The number of nitrogens with zero attached hydrogens (tertiary/aromatic N) is 2. The number of benzene rings is 1. The van der Waals surface area contributed by atoms with Crippen LogP contribution in [-0.2, 0) is 26.9 Å².